The van der Waals surface area contributed by atoms with E-state index in [1.807, 2.05) is 0 Å². The Morgan fingerprint density at radius 3 is 2.53 bits per heavy atom. The van der Waals surface area contributed by atoms with Crippen LogP contribution in [0.15, 0.2) is 48.5 Å². The molecule has 0 aromatic heterocycles. The Bertz CT molecular complexity index is 488. The van der Waals surface area contributed by atoms with Gasteiger partial charge in [-0.25, -0.2) is 0 Å². The summed E-state index contributed by atoms with van der Waals surface area (Å²) in [5, 5.41) is 3.59. The predicted molar refractivity (Wildman–Crippen MR) is 72.3 cm³/mol. The highest BCUT2D eigenvalue weighted by atomic mass is 14.9. The highest BCUT2D eigenvalue weighted by Crippen LogP contribution is 2.33. The van der Waals surface area contributed by atoms with Crippen LogP contribution in [0.25, 0.3) is 0 Å². The molecule has 0 unspecified atom stereocenters. The molecule has 3 rings (SSSR count). The molecule has 1 nitrogen and oxygen atoms in total. The molecule has 2 aromatic rings. The van der Waals surface area contributed by atoms with E-state index < -0.39 is 0 Å². The molecule has 1 heterocycles. The molecule has 1 N–H and O–H groups in total. The monoisotopic (exact) mass is 223 g/mol. The molecule has 0 fully saturated rings. The largest absolute Gasteiger partial charge is 0.378 e. The maximum atomic E-state index is 3.59. The Morgan fingerprint density at radius 1 is 1.06 bits per heavy atom. The summed E-state index contributed by atoms with van der Waals surface area (Å²) in [6.45, 7) is 2.19. The van der Waals surface area contributed by atoms with Crippen LogP contribution in [0.5, 0.6) is 0 Å². The number of aryl methyl sites for hydroxylation is 1. The van der Waals surface area contributed by atoms with E-state index in [0.717, 1.165) is 12.8 Å². The van der Waals surface area contributed by atoms with E-state index in [0.29, 0.717) is 6.04 Å². The molecule has 1 aliphatic rings. The summed E-state index contributed by atoms with van der Waals surface area (Å²) in [6, 6.07) is 18.0. The standard InChI is InChI=1S/C16H17N/c1-2-12-7-9-13(10-8-12)16-11-14-5-3-4-6-15(14)17-16/h3-10,16-17H,2,11H2,1H3/t16-/m1/s1. The second-order valence-electron chi connectivity index (χ2n) is 4.65. The zero-order chi connectivity index (χ0) is 11.7. The van der Waals surface area contributed by atoms with Gasteiger partial charge in [0.15, 0.2) is 0 Å². The molecule has 86 valence electrons. The fourth-order valence-corrected chi connectivity index (χ4v) is 2.48. The van der Waals surface area contributed by atoms with Crippen LogP contribution in [0, 0.1) is 0 Å². The number of benzene rings is 2. The molecular weight excluding hydrogens is 206 g/mol. The van der Waals surface area contributed by atoms with Gasteiger partial charge in [-0.05, 0) is 35.6 Å². The van der Waals surface area contributed by atoms with Gasteiger partial charge in [-0.2, -0.15) is 0 Å². The highest BCUT2D eigenvalue weighted by molar-refractivity contribution is 5.58. The lowest BCUT2D eigenvalue weighted by Crippen LogP contribution is -2.05. The van der Waals surface area contributed by atoms with Crippen molar-refractivity contribution in [2.45, 2.75) is 25.8 Å². The predicted octanol–water partition coefficient (Wildman–Crippen LogP) is 3.96. The van der Waals surface area contributed by atoms with Crippen LogP contribution in [0.2, 0.25) is 0 Å². The topological polar surface area (TPSA) is 12.0 Å². The zero-order valence-corrected chi connectivity index (χ0v) is 10.1. The lowest BCUT2D eigenvalue weighted by Gasteiger charge is -2.12. The number of hydrogen-bond donors (Lipinski definition) is 1. The first kappa shape index (κ1) is 10.4. The number of para-hydroxylation sites is 1. The maximum absolute atomic E-state index is 3.59. The number of hydrogen-bond acceptors (Lipinski definition) is 1. The van der Waals surface area contributed by atoms with E-state index in [4.69, 9.17) is 0 Å². The lowest BCUT2D eigenvalue weighted by molar-refractivity contribution is 0.823. The molecule has 17 heavy (non-hydrogen) atoms. The first-order chi connectivity index (χ1) is 8.36. The van der Waals surface area contributed by atoms with Crippen LogP contribution in [0.1, 0.15) is 29.7 Å². The molecule has 2 aromatic carbocycles. The summed E-state index contributed by atoms with van der Waals surface area (Å²) in [7, 11) is 0. The molecule has 0 aliphatic carbocycles. The summed E-state index contributed by atoms with van der Waals surface area (Å²) in [5.41, 5.74) is 5.51. The van der Waals surface area contributed by atoms with E-state index in [1.165, 1.54) is 22.4 Å². The third-order valence-corrected chi connectivity index (χ3v) is 3.56. The first-order valence-corrected chi connectivity index (χ1v) is 6.30. The van der Waals surface area contributed by atoms with Crippen LogP contribution >= 0.6 is 0 Å². The smallest absolute Gasteiger partial charge is 0.0555 e. The van der Waals surface area contributed by atoms with Crippen molar-refractivity contribution in [1.29, 1.82) is 0 Å². The molecule has 1 heteroatoms. The van der Waals surface area contributed by atoms with E-state index in [1.54, 1.807) is 0 Å². The Balaban J connectivity index is 1.83. The number of anilines is 1. The fraction of sp³-hybridized carbons (Fsp3) is 0.250. The highest BCUT2D eigenvalue weighted by Gasteiger charge is 2.20. The Hall–Kier alpha value is -1.76. The van der Waals surface area contributed by atoms with Gasteiger partial charge in [0.1, 0.15) is 0 Å². The zero-order valence-electron chi connectivity index (χ0n) is 10.1. The van der Waals surface area contributed by atoms with Crippen LogP contribution in [-0.2, 0) is 12.8 Å². The Kier molecular flexibility index (Phi) is 2.60. The molecular formula is C16H17N. The minimum Gasteiger partial charge on any atom is -0.378 e. The van der Waals surface area contributed by atoms with Gasteiger partial charge < -0.3 is 5.32 Å². The summed E-state index contributed by atoms with van der Waals surface area (Å²) in [5.74, 6) is 0. The van der Waals surface area contributed by atoms with Crippen molar-refractivity contribution in [1.82, 2.24) is 0 Å². The van der Waals surface area contributed by atoms with Crippen LogP contribution < -0.4 is 5.32 Å². The molecule has 1 aliphatic heterocycles. The van der Waals surface area contributed by atoms with Gasteiger partial charge in [-0.3, -0.25) is 0 Å². The van der Waals surface area contributed by atoms with Crippen LogP contribution in [0.4, 0.5) is 5.69 Å². The van der Waals surface area contributed by atoms with Gasteiger partial charge in [-0.15, -0.1) is 0 Å². The summed E-state index contributed by atoms with van der Waals surface area (Å²) in [4.78, 5) is 0. The summed E-state index contributed by atoms with van der Waals surface area (Å²) in [6.07, 6.45) is 2.21. The fourth-order valence-electron chi connectivity index (χ4n) is 2.48. The van der Waals surface area contributed by atoms with Crippen molar-refractivity contribution in [2.75, 3.05) is 5.32 Å². The van der Waals surface area contributed by atoms with Crippen molar-refractivity contribution in [3.8, 4) is 0 Å². The lowest BCUT2D eigenvalue weighted by atomic mass is 10.0. The first-order valence-electron chi connectivity index (χ1n) is 6.30. The molecule has 0 radical (unpaired) electrons. The van der Waals surface area contributed by atoms with Crippen molar-refractivity contribution >= 4 is 5.69 Å². The van der Waals surface area contributed by atoms with Crippen molar-refractivity contribution in [3.05, 3.63) is 65.2 Å². The third-order valence-electron chi connectivity index (χ3n) is 3.56. The van der Waals surface area contributed by atoms with Crippen molar-refractivity contribution in [3.63, 3.8) is 0 Å². The van der Waals surface area contributed by atoms with Gasteiger partial charge in [0.05, 0.1) is 6.04 Å². The SMILES string of the molecule is CCc1ccc([C@H]2Cc3ccccc3N2)cc1. The molecule has 0 bridgehead atoms. The number of nitrogens with one attached hydrogen (secondary N) is 1. The average molecular weight is 223 g/mol. The Morgan fingerprint density at radius 2 is 1.82 bits per heavy atom. The van der Waals surface area contributed by atoms with E-state index in [-0.39, 0.29) is 0 Å². The van der Waals surface area contributed by atoms with Crippen molar-refractivity contribution in [2.24, 2.45) is 0 Å². The normalized spacial score (nSPS) is 17.6. The summed E-state index contributed by atoms with van der Waals surface area (Å²) < 4.78 is 0. The number of fused-ring (bicyclic) bond motifs is 1. The van der Waals surface area contributed by atoms with E-state index in [9.17, 15) is 0 Å². The Labute approximate surface area is 102 Å². The molecule has 1 atom stereocenters. The van der Waals surface area contributed by atoms with E-state index >= 15 is 0 Å². The van der Waals surface area contributed by atoms with Crippen LogP contribution in [0.3, 0.4) is 0 Å². The molecule has 0 amide bonds. The quantitative estimate of drug-likeness (QED) is 0.812. The minimum absolute atomic E-state index is 0.443. The molecule has 0 saturated carbocycles. The van der Waals surface area contributed by atoms with E-state index in [2.05, 4.69) is 60.8 Å². The molecule has 0 spiro atoms. The summed E-state index contributed by atoms with van der Waals surface area (Å²) >= 11 is 0. The van der Waals surface area contributed by atoms with Gasteiger partial charge in [0, 0.05) is 5.69 Å². The molecule has 0 saturated heterocycles. The van der Waals surface area contributed by atoms with Crippen LogP contribution in [-0.4, -0.2) is 0 Å². The number of rotatable bonds is 2. The van der Waals surface area contributed by atoms with Gasteiger partial charge in [0.25, 0.3) is 0 Å². The second-order valence-corrected chi connectivity index (χ2v) is 4.65. The second kappa shape index (κ2) is 4.25. The van der Waals surface area contributed by atoms with Gasteiger partial charge in [0.2, 0.25) is 0 Å². The third kappa shape index (κ3) is 1.93. The van der Waals surface area contributed by atoms with Gasteiger partial charge >= 0.3 is 0 Å². The maximum Gasteiger partial charge on any atom is 0.0555 e. The van der Waals surface area contributed by atoms with Crippen molar-refractivity contribution < 1.29 is 0 Å². The average Bonchev–Trinajstić information content (AvgIpc) is 2.82. The minimum atomic E-state index is 0.443. The van der Waals surface area contributed by atoms with Gasteiger partial charge in [-0.1, -0.05) is 49.4 Å².